The van der Waals surface area contributed by atoms with Crippen LogP contribution in [-0.4, -0.2) is 5.11 Å². The highest BCUT2D eigenvalue weighted by atomic mass is 19.1. The molecule has 0 saturated carbocycles. The molecule has 16 heavy (non-hydrogen) atoms. The second kappa shape index (κ2) is 4.35. The third-order valence-corrected chi connectivity index (χ3v) is 2.77. The number of halogens is 1. The molecule has 2 aromatic carbocycles. The van der Waals surface area contributed by atoms with Gasteiger partial charge < -0.3 is 5.11 Å². The molecule has 1 nitrogen and oxygen atoms in total. The van der Waals surface area contributed by atoms with Crippen molar-refractivity contribution in [1.82, 2.24) is 0 Å². The van der Waals surface area contributed by atoms with Crippen LogP contribution < -0.4 is 0 Å². The number of benzene rings is 2. The van der Waals surface area contributed by atoms with Crippen molar-refractivity contribution in [2.24, 2.45) is 0 Å². The van der Waals surface area contributed by atoms with Crippen LogP contribution in [0.1, 0.15) is 24.0 Å². The van der Waals surface area contributed by atoms with Crippen LogP contribution in [0.4, 0.5) is 4.39 Å². The number of hydrogen-bond donors (Lipinski definition) is 1. The van der Waals surface area contributed by atoms with E-state index in [-0.39, 0.29) is 17.5 Å². The third kappa shape index (κ3) is 1.91. The Hall–Kier alpha value is -1.83. The van der Waals surface area contributed by atoms with E-state index >= 15 is 0 Å². The van der Waals surface area contributed by atoms with Crippen LogP contribution >= 0.6 is 0 Å². The molecule has 0 radical (unpaired) electrons. The van der Waals surface area contributed by atoms with Crippen LogP contribution in [0, 0.1) is 5.82 Å². The maximum absolute atomic E-state index is 13.6. The molecule has 0 bridgehead atoms. The molecule has 0 aliphatic carbocycles. The largest absolute Gasteiger partial charge is 0.508 e. The number of phenols is 1. The van der Waals surface area contributed by atoms with Gasteiger partial charge in [0.05, 0.1) is 0 Å². The lowest BCUT2D eigenvalue weighted by atomic mass is 9.92. The van der Waals surface area contributed by atoms with Crippen molar-refractivity contribution >= 4 is 0 Å². The average molecular weight is 216 g/mol. The van der Waals surface area contributed by atoms with Crippen molar-refractivity contribution < 1.29 is 9.50 Å². The molecule has 2 rings (SSSR count). The zero-order valence-corrected chi connectivity index (χ0v) is 9.02. The first-order chi connectivity index (χ1) is 7.70. The maximum Gasteiger partial charge on any atom is 0.127 e. The molecule has 0 saturated heterocycles. The molecule has 0 aliphatic rings. The van der Waals surface area contributed by atoms with Gasteiger partial charge in [-0.2, -0.15) is 0 Å². The van der Waals surface area contributed by atoms with E-state index in [2.05, 4.69) is 0 Å². The van der Waals surface area contributed by atoms with Crippen LogP contribution in [0.5, 0.6) is 5.75 Å². The predicted octanol–water partition coefficient (Wildman–Crippen LogP) is 3.68. The summed E-state index contributed by atoms with van der Waals surface area (Å²) in [5.74, 6) is -0.182. The molecule has 1 atom stereocenters. The lowest BCUT2D eigenvalue weighted by molar-refractivity contribution is 0.465. The number of hydrogen-bond acceptors (Lipinski definition) is 1. The minimum Gasteiger partial charge on any atom is -0.508 e. The number of rotatable bonds is 2. The summed E-state index contributed by atoms with van der Waals surface area (Å²) in [5, 5.41) is 9.71. The monoisotopic (exact) mass is 216 g/mol. The molecule has 0 spiro atoms. The fourth-order valence-corrected chi connectivity index (χ4v) is 1.85. The van der Waals surface area contributed by atoms with E-state index in [0.717, 1.165) is 5.56 Å². The molecule has 2 aromatic rings. The molecule has 0 heterocycles. The summed E-state index contributed by atoms with van der Waals surface area (Å²) in [4.78, 5) is 0. The molecule has 2 heteroatoms. The van der Waals surface area contributed by atoms with Crippen molar-refractivity contribution in [3.05, 3.63) is 65.5 Å². The second-order valence-electron chi connectivity index (χ2n) is 3.80. The van der Waals surface area contributed by atoms with E-state index < -0.39 is 0 Å². The molecule has 0 amide bonds. The Morgan fingerprint density at radius 2 is 1.50 bits per heavy atom. The number of para-hydroxylation sites is 1. The van der Waals surface area contributed by atoms with Crippen LogP contribution in [-0.2, 0) is 0 Å². The number of phenolic OH excluding ortho intramolecular Hbond substituents is 1. The molecule has 1 unspecified atom stereocenters. The van der Waals surface area contributed by atoms with E-state index in [1.54, 1.807) is 30.3 Å². The Morgan fingerprint density at radius 1 is 0.938 bits per heavy atom. The minimum atomic E-state index is -0.238. The summed E-state index contributed by atoms with van der Waals surface area (Å²) in [6, 6.07) is 13.7. The number of aromatic hydroxyl groups is 1. The highest BCUT2D eigenvalue weighted by Crippen LogP contribution is 2.31. The first kappa shape index (κ1) is 10.7. The average Bonchev–Trinajstić information content (AvgIpc) is 2.29. The van der Waals surface area contributed by atoms with Crippen molar-refractivity contribution in [3.8, 4) is 5.75 Å². The fourth-order valence-electron chi connectivity index (χ4n) is 1.85. The Bertz CT molecular complexity index is 448. The molecule has 0 aromatic heterocycles. The lowest BCUT2D eigenvalue weighted by Crippen LogP contribution is -1.99. The van der Waals surface area contributed by atoms with Crippen LogP contribution in [0.3, 0.4) is 0 Å². The summed E-state index contributed by atoms with van der Waals surface area (Å²) < 4.78 is 13.6. The van der Waals surface area contributed by atoms with Gasteiger partial charge in [0.25, 0.3) is 0 Å². The van der Waals surface area contributed by atoms with Crippen molar-refractivity contribution in [2.45, 2.75) is 12.8 Å². The summed E-state index contributed by atoms with van der Waals surface area (Å²) in [7, 11) is 0. The summed E-state index contributed by atoms with van der Waals surface area (Å²) in [5.41, 5.74) is 1.34. The standard InChI is InChI=1S/C14H13FO/c1-10(11-6-2-4-8-13(11)15)12-7-3-5-9-14(12)16/h2-10,16H,1H3. The topological polar surface area (TPSA) is 20.2 Å². The summed E-state index contributed by atoms with van der Waals surface area (Å²) in [6.07, 6.45) is 0. The first-order valence-electron chi connectivity index (χ1n) is 5.22. The van der Waals surface area contributed by atoms with Gasteiger partial charge in [0, 0.05) is 11.5 Å². The minimum absolute atomic E-state index is 0.151. The van der Waals surface area contributed by atoms with E-state index in [1.165, 1.54) is 6.07 Å². The van der Waals surface area contributed by atoms with Gasteiger partial charge in [-0.15, -0.1) is 0 Å². The van der Waals surface area contributed by atoms with E-state index in [1.807, 2.05) is 19.1 Å². The molecule has 82 valence electrons. The van der Waals surface area contributed by atoms with Crippen LogP contribution in [0.2, 0.25) is 0 Å². The van der Waals surface area contributed by atoms with Crippen molar-refractivity contribution in [3.63, 3.8) is 0 Å². The zero-order valence-electron chi connectivity index (χ0n) is 9.02. The van der Waals surface area contributed by atoms with Gasteiger partial charge in [0.1, 0.15) is 11.6 Å². The highest BCUT2D eigenvalue weighted by Gasteiger charge is 2.14. The molecular formula is C14H13FO. The van der Waals surface area contributed by atoms with Crippen LogP contribution in [0.15, 0.2) is 48.5 Å². The van der Waals surface area contributed by atoms with Gasteiger partial charge in [-0.25, -0.2) is 4.39 Å². The van der Waals surface area contributed by atoms with E-state index in [4.69, 9.17) is 0 Å². The summed E-state index contributed by atoms with van der Waals surface area (Å²) >= 11 is 0. The molecule has 1 N–H and O–H groups in total. The first-order valence-corrected chi connectivity index (χ1v) is 5.22. The van der Waals surface area contributed by atoms with E-state index in [0.29, 0.717) is 5.56 Å². The lowest BCUT2D eigenvalue weighted by Gasteiger charge is -2.14. The summed E-state index contributed by atoms with van der Waals surface area (Å²) in [6.45, 7) is 1.88. The quantitative estimate of drug-likeness (QED) is 0.811. The van der Waals surface area contributed by atoms with E-state index in [9.17, 15) is 9.50 Å². The molecular weight excluding hydrogens is 203 g/mol. The van der Waals surface area contributed by atoms with Gasteiger partial charge in [-0.05, 0) is 17.7 Å². The Morgan fingerprint density at radius 3 is 2.12 bits per heavy atom. The van der Waals surface area contributed by atoms with Gasteiger partial charge in [-0.1, -0.05) is 43.3 Å². The van der Waals surface area contributed by atoms with Gasteiger partial charge in [-0.3, -0.25) is 0 Å². The highest BCUT2D eigenvalue weighted by molar-refractivity contribution is 5.40. The smallest absolute Gasteiger partial charge is 0.127 e. The fraction of sp³-hybridized carbons (Fsp3) is 0.143. The van der Waals surface area contributed by atoms with Gasteiger partial charge >= 0.3 is 0 Å². The molecule has 0 fully saturated rings. The predicted molar refractivity (Wildman–Crippen MR) is 62.0 cm³/mol. The zero-order chi connectivity index (χ0) is 11.5. The maximum atomic E-state index is 13.6. The molecule has 0 aliphatic heterocycles. The Labute approximate surface area is 94.2 Å². The Kier molecular flexibility index (Phi) is 2.91. The van der Waals surface area contributed by atoms with Crippen molar-refractivity contribution in [2.75, 3.05) is 0 Å². The van der Waals surface area contributed by atoms with Gasteiger partial charge in [0.2, 0.25) is 0 Å². The van der Waals surface area contributed by atoms with Crippen molar-refractivity contribution in [1.29, 1.82) is 0 Å². The SMILES string of the molecule is CC(c1ccccc1O)c1ccccc1F. The third-order valence-electron chi connectivity index (χ3n) is 2.77. The Balaban J connectivity index is 2.44. The van der Waals surface area contributed by atoms with Gasteiger partial charge in [0.15, 0.2) is 0 Å². The van der Waals surface area contributed by atoms with Crippen LogP contribution in [0.25, 0.3) is 0 Å². The second-order valence-corrected chi connectivity index (χ2v) is 3.80. The normalized spacial score (nSPS) is 12.4.